The predicted molar refractivity (Wildman–Crippen MR) is 63.4 cm³/mol. The van der Waals surface area contributed by atoms with Crippen LogP contribution in [-0.4, -0.2) is 18.0 Å². The first-order chi connectivity index (χ1) is 7.78. The summed E-state index contributed by atoms with van der Waals surface area (Å²) in [6.45, 7) is 3.53. The molecule has 0 aliphatic carbocycles. The van der Waals surface area contributed by atoms with Gasteiger partial charge in [-0.3, -0.25) is 4.90 Å². The molecule has 0 unspecified atom stereocenters. The molecule has 0 saturated carbocycles. The highest BCUT2D eigenvalue weighted by molar-refractivity contribution is 5.24. The summed E-state index contributed by atoms with van der Waals surface area (Å²) in [7, 11) is 0. The lowest BCUT2D eigenvalue weighted by Crippen LogP contribution is -2.29. The van der Waals surface area contributed by atoms with Gasteiger partial charge in [0.25, 0.3) is 0 Å². The lowest BCUT2D eigenvalue weighted by Gasteiger charge is -2.26. The van der Waals surface area contributed by atoms with Gasteiger partial charge in [-0.2, -0.15) is 0 Å². The van der Waals surface area contributed by atoms with Crippen molar-refractivity contribution >= 4 is 0 Å². The van der Waals surface area contributed by atoms with Crippen LogP contribution in [0.3, 0.4) is 0 Å². The molecule has 2 nitrogen and oxygen atoms in total. The van der Waals surface area contributed by atoms with Crippen molar-refractivity contribution in [1.29, 1.82) is 0 Å². The highest BCUT2D eigenvalue weighted by Crippen LogP contribution is 2.15. The molecule has 0 aromatic heterocycles. The maximum absolute atomic E-state index is 13.3. The SMILES string of the molecule is NCc1cc(F)cc(CN2CCCCC2)c1. The van der Waals surface area contributed by atoms with Crippen LogP contribution in [0.4, 0.5) is 4.39 Å². The normalized spacial score (nSPS) is 17.6. The lowest BCUT2D eigenvalue weighted by atomic mass is 10.1. The average Bonchev–Trinajstić information content (AvgIpc) is 2.29. The fraction of sp³-hybridized carbons (Fsp3) is 0.538. The number of likely N-dealkylation sites (tertiary alicyclic amines) is 1. The molecule has 0 bridgehead atoms. The Morgan fingerprint density at radius 2 is 1.75 bits per heavy atom. The molecule has 1 aliphatic rings. The van der Waals surface area contributed by atoms with E-state index in [4.69, 9.17) is 5.73 Å². The van der Waals surface area contributed by atoms with Crippen molar-refractivity contribution in [2.75, 3.05) is 13.1 Å². The topological polar surface area (TPSA) is 29.3 Å². The summed E-state index contributed by atoms with van der Waals surface area (Å²) in [5.74, 6) is -0.171. The van der Waals surface area contributed by atoms with Crippen LogP contribution in [0.5, 0.6) is 0 Å². The summed E-state index contributed by atoms with van der Waals surface area (Å²) in [5.41, 5.74) is 7.47. The summed E-state index contributed by atoms with van der Waals surface area (Å²) in [4.78, 5) is 2.39. The minimum atomic E-state index is -0.171. The van der Waals surface area contributed by atoms with Crippen molar-refractivity contribution in [3.8, 4) is 0 Å². The van der Waals surface area contributed by atoms with Crippen molar-refractivity contribution in [3.63, 3.8) is 0 Å². The monoisotopic (exact) mass is 222 g/mol. The van der Waals surface area contributed by atoms with E-state index < -0.39 is 0 Å². The molecule has 2 rings (SSSR count). The average molecular weight is 222 g/mol. The molecule has 3 heteroatoms. The first-order valence-electron chi connectivity index (χ1n) is 5.99. The van der Waals surface area contributed by atoms with Crippen molar-refractivity contribution in [2.24, 2.45) is 5.73 Å². The second-order valence-corrected chi connectivity index (χ2v) is 4.51. The molecule has 0 radical (unpaired) electrons. The van der Waals surface area contributed by atoms with Gasteiger partial charge in [0.05, 0.1) is 0 Å². The van der Waals surface area contributed by atoms with Crippen molar-refractivity contribution in [3.05, 3.63) is 35.1 Å². The van der Waals surface area contributed by atoms with E-state index in [1.54, 1.807) is 6.07 Å². The molecular weight excluding hydrogens is 203 g/mol. The summed E-state index contributed by atoms with van der Waals surface area (Å²) < 4.78 is 13.3. The van der Waals surface area contributed by atoms with E-state index in [2.05, 4.69) is 4.90 Å². The van der Waals surface area contributed by atoms with Crippen LogP contribution in [0, 0.1) is 5.82 Å². The maximum Gasteiger partial charge on any atom is 0.123 e. The number of rotatable bonds is 3. The van der Waals surface area contributed by atoms with Gasteiger partial charge in [-0.1, -0.05) is 12.5 Å². The van der Waals surface area contributed by atoms with Gasteiger partial charge < -0.3 is 5.73 Å². The highest BCUT2D eigenvalue weighted by Gasteiger charge is 2.11. The number of nitrogens with zero attached hydrogens (tertiary/aromatic N) is 1. The molecule has 0 spiro atoms. The Labute approximate surface area is 96.2 Å². The van der Waals surface area contributed by atoms with Crippen LogP contribution in [0.15, 0.2) is 18.2 Å². The number of hydrogen-bond acceptors (Lipinski definition) is 2. The van der Waals surface area contributed by atoms with E-state index in [1.807, 2.05) is 6.07 Å². The molecule has 1 aromatic carbocycles. The van der Waals surface area contributed by atoms with E-state index in [0.29, 0.717) is 6.54 Å². The van der Waals surface area contributed by atoms with E-state index >= 15 is 0 Å². The van der Waals surface area contributed by atoms with Crippen LogP contribution in [-0.2, 0) is 13.1 Å². The van der Waals surface area contributed by atoms with Crippen LogP contribution in [0.25, 0.3) is 0 Å². The summed E-state index contributed by atoms with van der Waals surface area (Å²) >= 11 is 0. The molecule has 0 amide bonds. The van der Waals surface area contributed by atoms with E-state index in [9.17, 15) is 4.39 Å². The fourth-order valence-corrected chi connectivity index (χ4v) is 2.30. The third-order valence-corrected chi connectivity index (χ3v) is 3.11. The second kappa shape index (κ2) is 5.41. The van der Waals surface area contributed by atoms with E-state index in [1.165, 1.54) is 25.3 Å². The Balaban J connectivity index is 2.04. The van der Waals surface area contributed by atoms with Crippen molar-refractivity contribution in [2.45, 2.75) is 32.4 Å². The van der Waals surface area contributed by atoms with Crippen LogP contribution >= 0.6 is 0 Å². The quantitative estimate of drug-likeness (QED) is 0.850. The smallest absolute Gasteiger partial charge is 0.123 e. The molecule has 1 aliphatic heterocycles. The van der Waals surface area contributed by atoms with Crippen LogP contribution in [0.1, 0.15) is 30.4 Å². The largest absolute Gasteiger partial charge is 0.326 e. The Kier molecular flexibility index (Phi) is 3.91. The first kappa shape index (κ1) is 11.6. The van der Waals surface area contributed by atoms with Gasteiger partial charge in [0.2, 0.25) is 0 Å². The van der Waals surface area contributed by atoms with Gasteiger partial charge >= 0.3 is 0 Å². The Hall–Kier alpha value is -0.930. The highest BCUT2D eigenvalue weighted by atomic mass is 19.1. The molecule has 1 heterocycles. The molecule has 1 fully saturated rings. The second-order valence-electron chi connectivity index (χ2n) is 4.51. The van der Waals surface area contributed by atoms with Gasteiger partial charge in [-0.15, -0.1) is 0 Å². The summed E-state index contributed by atoms with van der Waals surface area (Å²) in [5, 5.41) is 0. The number of halogens is 1. The molecule has 0 atom stereocenters. The molecule has 16 heavy (non-hydrogen) atoms. The van der Waals surface area contributed by atoms with Gasteiger partial charge in [-0.05, 0) is 49.2 Å². The fourth-order valence-electron chi connectivity index (χ4n) is 2.30. The van der Waals surface area contributed by atoms with Crippen LogP contribution < -0.4 is 5.73 Å². The van der Waals surface area contributed by atoms with Crippen LogP contribution in [0.2, 0.25) is 0 Å². The Bertz CT molecular complexity index is 346. The zero-order valence-electron chi connectivity index (χ0n) is 9.58. The third-order valence-electron chi connectivity index (χ3n) is 3.11. The Morgan fingerprint density at radius 3 is 2.44 bits per heavy atom. The standard InChI is InChI=1S/C13H19FN2/c14-13-7-11(9-15)6-12(8-13)10-16-4-2-1-3-5-16/h6-8H,1-5,9-10,15H2. The maximum atomic E-state index is 13.3. The zero-order chi connectivity index (χ0) is 11.4. The number of hydrogen-bond donors (Lipinski definition) is 1. The number of piperidine rings is 1. The minimum Gasteiger partial charge on any atom is -0.326 e. The summed E-state index contributed by atoms with van der Waals surface area (Å²) in [6.07, 6.45) is 3.85. The van der Waals surface area contributed by atoms with Crippen molar-refractivity contribution in [1.82, 2.24) is 4.90 Å². The molecular formula is C13H19FN2. The minimum absolute atomic E-state index is 0.171. The molecule has 2 N–H and O–H groups in total. The molecule has 1 saturated heterocycles. The van der Waals surface area contributed by atoms with E-state index in [-0.39, 0.29) is 5.82 Å². The lowest BCUT2D eigenvalue weighted by molar-refractivity contribution is 0.220. The van der Waals surface area contributed by atoms with Gasteiger partial charge in [-0.25, -0.2) is 4.39 Å². The Morgan fingerprint density at radius 1 is 1.06 bits per heavy atom. The van der Waals surface area contributed by atoms with Gasteiger partial charge in [0.15, 0.2) is 0 Å². The number of nitrogens with two attached hydrogens (primary N) is 1. The number of benzene rings is 1. The predicted octanol–water partition coefficient (Wildman–Crippen LogP) is 2.27. The third kappa shape index (κ3) is 3.03. The molecule has 88 valence electrons. The first-order valence-corrected chi connectivity index (χ1v) is 5.99. The van der Waals surface area contributed by atoms with Gasteiger partial charge in [0, 0.05) is 13.1 Å². The van der Waals surface area contributed by atoms with Gasteiger partial charge in [0.1, 0.15) is 5.82 Å². The van der Waals surface area contributed by atoms with E-state index in [0.717, 1.165) is 30.8 Å². The zero-order valence-corrected chi connectivity index (χ0v) is 9.58. The molecule has 1 aromatic rings. The van der Waals surface area contributed by atoms with Crippen molar-refractivity contribution < 1.29 is 4.39 Å². The summed E-state index contributed by atoms with van der Waals surface area (Å²) in [6, 6.07) is 5.14.